The summed E-state index contributed by atoms with van der Waals surface area (Å²) >= 11 is 3.36. The number of phenolic OH excluding ortho intramolecular Hbond substituents is 2. The van der Waals surface area contributed by atoms with Crippen molar-refractivity contribution in [3.63, 3.8) is 0 Å². The minimum Gasteiger partial charge on any atom is -0.508 e. The van der Waals surface area contributed by atoms with Gasteiger partial charge >= 0.3 is 0 Å². The molecule has 2 aliphatic heterocycles. The topological polar surface area (TPSA) is 154 Å². The number of halogens is 1. The van der Waals surface area contributed by atoms with Crippen LogP contribution < -0.4 is 9.47 Å². The third kappa shape index (κ3) is 13.3. The number of benzene rings is 8. The lowest BCUT2D eigenvalue weighted by molar-refractivity contribution is -0.129. The molecule has 13 heteroatoms. The summed E-state index contributed by atoms with van der Waals surface area (Å²) in [4.78, 5) is 36.0. The zero-order valence-electron chi connectivity index (χ0n) is 44.8. The lowest BCUT2D eigenvalue weighted by Gasteiger charge is -2.27. The number of rotatable bonds is 15. The number of imidazole rings is 1. The summed E-state index contributed by atoms with van der Waals surface area (Å²) in [5.74, 6) is 2.67. The molecule has 4 heterocycles. The molecule has 81 heavy (non-hydrogen) atoms. The summed E-state index contributed by atoms with van der Waals surface area (Å²) in [6.07, 6.45) is 6.13. The number of amidine groups is 1. The number of hydrogen-bond acceptors (Lipinski definition) is 10. The first-order chi connectivity index (χ1) is 39.6. The molecule has 10 aromatic rings. The Morgan fingerprint density at radius 2 is 0.963 bits per heavy atom. The maximum absolute atomic E-state index is 14.5. The summed E-state index contributed by atoms with van der Waals surface area (Å²) in [7, 11) is 3.31. The Hall–Kier alpha value is -9.59. The second-order valence-electron chi connectivity index (χ2n) is 19.6. The second kappa shape index (κ2) is 25.5. The van der Waals surface area contributed by atoms with Gasteiger partial charge in [0.15, 0.2) is 17.0 Å². The van der Waals surface area contributed by atoms with Crippen molar-refractivity contribution in [2.24, 2.45) is 9.98 Å². The predicted molar refractivity (Wildman–Crippen MR) is 323 cm³/mol. The Labute approximate surface area is 479 Å². The number of methoxy groups -OCH3 is 2. The van der Waals surface area contributed by atoms with Gasteiger partial charge in [0.1, 0.15) is 28.7 Å². The van der Waals surface area contributed by atoms with Crippen LogP contribution in [0.3, 0.4) is 0 Å². The number of aromatic nitrogens is 3. The second-order valence-corrected chi connectivity index (χ2v) is 20.2. The molecule has 0 fully saturated rings. The largest absolute Gasteiger partial charge is 0.508 e. The van der Waals surface area contributed by atoms with E-state index >= 15 is 0 Å². The highest BCUT2D eigenvalue weighted by Gasteiger charge is 2.50. The van der Waals surface area contributed by atoms with E-state index in [2.05, 4.69) is 40.2 Å². The van der Waals surface area contributed by atoms with E-state index in [9.17, 15) is 20.1 Å². The number of amides is 1. The van der Waals surface area contributed by atoms with Gasteiger partial charge in [-0.25, -0.2) is 20.0 Å². The fourth-order valence-corrected chi connectivity index (χ4v) is 10.1. The van der Waals surface area contributed by atoms with E-state index in [1.54, 1.807) is 60.2 Å². The molecule has 0 aliphatic carbocycles. The van der Waals surface area contributed by atoms with Gasteiger partial charge in [0.2, 0.25) is 5.88 Å². The number of carbonyl (C=O) groups is 1. The first-order valence-electron chi connectivity index (χ1n) is 26.5. The zero-order valence-corrected chi connectivity index (χ0v) is 46.4. The van der Waals surface area contributed by atoms with Gasteiger partial charge in [-0.15, -0.1) is 0 Å². The Morgan fingerprint density at radius 1 is 0.506 bits per heavy atom. The van der Waals surface area contributed by atoms with Crippen LogP contribution in [-0.2, 0) is 42.2 Å². The molecule has 1 amide bonds. The number of phenols is 2. The summed E-state index contributed by atoms with van der Waals surface area (Å²) in [6, 6.07) is 69.7. The molecule has 1 atom stereocenters. The van der Waals surface area contributed by atoms with Crippen LogP contribution in [0, 0.1) is 0 Å². The molecule has 0 spiro atoms. The summed E-state index contributed by atoms with van der Waals surface area (Å²) in [5.41, 5.74) is 11.3. The molecule has 12 nitrogen and oxygen atoms in total. The Kier molecular flexibility index (Phi) is 17.2. The molecule has 0 bridgehead atoms. The van der Waals surface area contributed by atoms with E-state index < -0.39 is 5.54 Å². The average molecular weight is 1140 g/mol. The number of ether oxygens (including phenoxy) is 2. The van der Waals surface area contributed by atoms with Crippen molar-refractivity contribution in [2.45, 2.75) is 43.0 Å². The van der Waals surface area contributed by atoms with Crippen molar-refractivity contribution < 1.29 is 29.6 Å². The van der Waals surface area contributed by atoms with Crippen LogP contribution in [0.4, 0.5) is 0 Å². The van der Waals surface area contributed by atoms with Gasteiger partial charge in [0.05, 0.1) is 37.0 Å². The molecule has 404 valence electrons. The first-order valence-corrected chi connectivity index (χ1v) is 27.6. The fourth-order valence-electron chi connectivity index (χ4n) is 9.73. The van der Waals surface area contributed by atoms with E-state index in [4.69, 9.17) is 29.4 Å². The highest BCUT2D eigenvalue weighted by Crippen LogP contribution is 2.37. The van der Waals surface area contributed by atoms with E-state index in [1.807, 2.05) is 170 Å². The highest BCUT2D eigenvalue weighted by molar-refractivity contribution is 9.08. The maximum atomic E-state index is 14.5. The summed E-state index contributed by atoms with van der Waals surface area (Å²) in [6.45, 7) is 0. The van der Waals surface area contributed by atoms with E-state index in [0.29, 0.717) is 60.7 Å². The molecule has 0 saturated heterocycles. The van der Waals surface area contributed by atoms with Gasteiger partial charge in [0, 0.05) is 61.0 Å². The normalized spacial score (nSPS) is 14.3. The van der Waals surface area contributed by atoms with Gasteiger partial charge in [-0.05, 0) is 106 Å². The Bertz CT molecular complexity index is 3800. The molecule has 0 radical (unpaired) electrons. The SMILES string of the molecule is COc1ccc(CBr)cc1.COc1ccc(CC2(Cc3ccccc3)N=C3C(Cc4ccccc4)=NC(c4ccc(O)cc4)=CN3C2=O)cc1.Oc1ccc(-c2cn3c(O)c(Cc4ccccc4)nc3c(Cc3ccccc3)n2)cc1. The molecule has 2 aromatic heterocycles. The fraction of sp³-hybridized carbons (Fsp3) is 0.132. The monoisotopic (exact) mass is 1130 g/mol. The Morgan fingerprint density at radius 3 is 1.47 bits per heavy atom. The summed E-state index contributed by atoms with van der Waals surface area (Å²) < 4.78 is 12.1. The van der Waals surface area contributed by atoms with E-state index in [1.165, 1.54) is 5.56 Å². The van der Waals surface area contributed by atoms with Crippen molar-refractivity contribution >= 4 is 44.7 Å². The third-order valence-corrected chi connectivity index (χ3v) is 14.6. The van der Waals surface area contributed by atoms with Gasteiger partial charge in [-0.3, -0.25) is 14.1 Å². The predicted octanol–water partition coefficient (Wildman–Crippen LogP) is 13.4. The van der Waals surface area contributed by atoms with Gasteiger partial charge in [-0.2, -0.15) is 0 Å². The van der Waals surface area contributed by atoms with Crippen LogP contribution in [0.25, 0.3) is 22.6 Å². The van der Waals surface area contributed by atoms with Crippen LogP contribution in [0.5, 0.6) is 28.9 Å². The smallest absolute Gasteiger partial charge is 0.261 e. The standard InChI is InChI=1S/C34H29N3O3.C26H21N3O2.C8H9BrO/c1-40-29-18-12-26(13-19-29)22-34(21-25-10-6-3-7-11-25)33(39)37-23-31(27-14-16-28(38)17-15-27)35-30(32(37)36-34)20-24-8-4-2-5-9-24;30-21-13-11-20(12-14-21)24-17-29-25(22(27-24)15-18-7-3-1-4-8-18)28-23(26(29)31)16-19-9-5-2-6-10-19;1-10-8-4-2-7(6-9)3-5-8/h2-19,23,38H,20-22H2,1H3;1-14,17,30-31H,15-16H2;2-5H,6H2,1H3. The van der Waals surface area contributed by atoms with Crippen LogP contribution >= 0.6 is 15.9 Å². The van der Waals surface area contributed by atoms with Crippen molar-refractivity contribution in [1.29, 1.82) is 0 Å². The van der Waals surface area contributed by atoms with Crippen LogP contribution in [-0.4, -0.2) is 71.8 Å². The minimum absolute atomic E-state index is 0.0843. The average Bonchev–Trinajstić information content (AvgIpc) is 4.21. The number of carbonyl (C=O) groups excluding carboxylic acids is 1. The van der Waals surface area contributed by atoms with Crippen LogP contribution in [0.1, 0.15) is 50.3 Å². The molecule has 8 aromatic carbocycles. The quantitative estimate of drug-likeness (QED) is 0.0858. The first kappa shape index (κ1) is 54.8. The maximum Gasteiger partial charge on any atom is 0.261 e. The molecule has 12 rings (SSSR count). The molecule has 1 unspecified atom stereocenters. The zero-order chi connectivity index (χ0) is 56.1. The van der Waals surface area contributed by atoms with Gasteiger partial charge in [-0.1, -0.05) is 162 Å². The van der Waals surface area contributed by atoms with E-state index in [-0.39, 0.29) is 23.3 Å². The Balaban J connectivity index is 0.000000159. The number of nitrogens with zero attached hydrogens (tertiary/aromatic N) is 6. The van der Waals surface area contributed by atoms with Crippen molar-refractivity contribution in [2.75, 3.05) is 14.2 Å². The minimum atomic E-state index is -1.04. The number of alkyl halides is 1. The van der Waals surface area contributed by atoms with Crippen molar-refractivity contribution in [3.05, 3.63) is 281 Å². The van der Waals surface area contributed by atoms with Crippen molar-refractivity contribution in [3.8, 4) is 40.1 Å². The third-order valence-electron chi connectivity index (χ3n) is 13.9. The lowest BCUT2D eigenvalue weighted by Crippen LogP contribution is -2.45. The number of hydrogen-bond donors (Lipinski definition) is 3. The molecular weight excluding hydrogens is 1080 g/mol. The number of aliphatic imine (C=N–C) groups is 2. The van der Waals surface area contributed by atoms with Crippen LogP contribution in [0.15, 0.2) is 241 Å². The molecule has 0 saturated carbocycles. The van der Waals surface area contributed by atoms with Gasteiger partial charge < -0.3 is 24.8 Å². The molecule has 3 N–H and O–H groups in total. The lowest BCUT2D eigenvalue weighted by atomic mass is 9.84. The highest BCUT2D eigenvalue weighted by atomic mass is 79.9. The molecule has 2 aliphatic rings. The number of fused-ring (bicyclic) bond motifs is 2. The molecular formula is C68H59BrN6O6. The van der Waals surface area contributed by atoms with Gasteiger partial charge in [0.25, 0.3) is 5.91 Å². The van der Waals surface area contributed by atoms with E-state index in [0.717, 1.165) is 67.2 Å². The van der Waals surface area contributed by atoms with Crippen LogP contribution in [0.2, 0.25) is 0 Å². The number of aromatic hydroxyl groups is 3. The summed E-state index contributed by atoms with van der Waals surface area (Å²) in [5, 5.41) is 31.4. The van der Waals surface area contributed by atoms with Crippen molar-refractivity contribution in [1.82, 2.24) is 19.3 Å².